The van der Waals surface area contributed by atoms with Crippen LogP contribution >= 0.6 is 0 Å². The van der Waals surface area contributed by atoms with Gasteiger partial charge in [0.2, 0.25) is 0 Å². The molecule has 0 aliphatic heterocycles. The number of H-pyrrole nitrogens is 1. The Morgan fingerprint density at radius 1 is 1.13 bits per heavy atom. The van der Waals surface area contributed by atoms with Crippen LogP contribution in [-0.2, 0) is 17.9 Å². The van der Waals surface area contributed by atoms with Crippen molar-refractivity contribution in [2.75, 3.05) is 13.7 Å². The van der Waals surface area contributed by atoms with Gasteiger partial charge in [-0.2, -0.15) is 5.10 Å². The van der Waals surface area contributed by atoms with Crippen LogP contribution in [-0.4, -0.2) is 33.5 Å². The number of halogens is 2. The second-order valence-corrected chi connectivity index (χ2v) is 6.84. The number of methoxy groups -OCH3 is 1. The van der Waals surface area contributed by atoms with Gasteiger partial charge in [0.25, 0.3) is 5.56 Å². The Kier molecular flexibility index (Phi) is 5.77. The minimum atomic E-state index is -0.724. The molecule has 0 spiro atoms. The van der Waals surface area contributed by atoms with Gasteiger partial charge in [0, 0.05) is 36.3 Å². The third-order valence-corrected chi connectivity index (χ3v) is 4.70. The van der Waals surface area contributed by atoms with E-state index in [1.807, 2.05) is 12.1 Å². The summed E-state index contributed by atoms with van der Waals surface area (Å²) in [6.07, 6.45) is 0. The maximum Gasteiger partial charge on any atom is 0.251 e. The first-order valence-corrected chi connectivity index (χ1v) is 9.66. The number of nitrogens with one attached hydrogen (secondary N) is 1. The molecule has 2 heterocycles. The first-order chi connectivity index (χ1) is 15.0. The summed E-state index contributed by atoms with van der Waals surface area (Å²) >= 11 is 0. The number of para-hydroxylation sites is 1. The molecule has 0 saturated heterocycles. The number of ether oxygens (including phenoxy) is 2. The molecule has 0 unspecified atom stereocenters. The van der Waals surface area contributed by atoms with Gasteiger partial charge < -0.3 is 14.5 Å². The summed E-state index contributed by atoms with van der Waals surface area (Å²) in [5, 5.41) is 5.20. The van der Waals surface area contributed by atoms with E-state index in [1.54, 1.807) is 19.1 Å². The van der Waals surface area contributed by atoms with Crippen molar-refractivity contribution in [1.29, 1.82) is 0 Å². The molecule has 7 nitrogen and oxygen atoms in total. The summed E-state index contributed by atoms with van der Waals surface area (Å²) < 4.78 is 40.9. The average molecular weight is 426 g/mol. The van der Waals surface area contributed by atoms with Crippen molar-refractivity contribution < 1.29 is 18.3 Å². The minimum absolute atomic E-state index is 0.129. The summed E-state index contributed by atoms with van der Waals surface area (Å²) in [5.41, 5.74) is 1.00. The number of rotatable bonds is 7. The van der Waals surface area contributed by atoms with Crippen LogP contribution in [0.5, 0.6) is 5.75 Å². The molecular weight excluding hydrogens is 406 g/mol. The predicted octanol–water partition coefficient (Wildman–Crippen LogP) is 3.66. The maximum absolute atomic E-state index is 14.6. The van der Waals surface area contributed by atoms with Crippen molar-refractivity contribution in [2.24, 2.45) is 0 Å². The molecule has 31 heavy (non-hydrogen) atoms. The van der Waals surface area contributed by atoms with Crippen molar-refractivity contribution in [3.05, 3.63) is 75.7 Å². The fourth-order valence-electron chi connectivity index (χ4n) is 3.40. The molecule has 0 radical (unpaired) electrons. The van der Waals surface area contributed by atoms with Gasteiger partial charge >= 0.3 is 0 Å². The second kappa shape index (κ2) is 8.65. The van der Waals surface area contributed by atoms with E-state index in [1.165, 1.54) is 17.9 Å². The molecule has 160 valence electrons. The van der Waals surface area contributed by atoms with Gasteiger partial charge in [0.15, 0.2) is 5.82 Å². The van der Waals surface area contributed by atoms with Crippen LogP contribution in [0.25, 0.3) is 22.4 Å². The van der Waals surface area contributed by atoms with Crippen LogP contribution in [0, 0.1) is 11.6 Å². The van der Waals surface area contributed by atoms with Crippen LogP contribution in [0.15, 0.2) is 47.3 Å². The fraction of sp³-hybridized carbons (Fsp3) is 0.227. The van der Waals surface area contributed by atoms with Gasteiger partial charge in [-0.15, -0.1) is 0 Å². The predicted molar refractivity (Wildman–Crippen MR) is 111 cm³/mol. The average Bonchev–Trinajstić information content (AvgIpc) is 3.09. The van der Waals surface area contributed by atoms with Gasteiger partial charge in [-0.25, -0.2) is 13.8 Å². The number of benzene rings is 2. The van der Waals surface area contributed by atoms with E-state index < -0.39 is 11.6 Å². The van der Waals surface area contributed by atoms with E-state index in [9.17, 15) is 13.6 Å². The Morgan fingerprint density at radius 2 is 1.87 bits per heavy atom. The van der Waals surface area contributed by atoms with Gasteiger partial charge in [-0.1, -0.05) is 18.2 Å². The van der Waals surface area contributed by atoms with Crippen LogP contribution < -0.4 is 10.3 Å². The quantitative estimate of drug-likeness (QED) is 0.488. The van der Waals surface area contributed by atoms with Crippen LogP contribution in [0.1, 0.15) is 18.2 Å². The third kappa shape index (κ3) is 4.17. The second-order valence-electron chi connectivity index (χ2n) is 6.84. The zero-order valence-electron chi connectivity index (χ0n) is 17.0. The lowest BCUT2D eigenvalue weighted by Crippen LogP contribution is -2.11. The molecule has 2 aromatic heterocycles. The molecular formula is C22H20F2N4O3. The van der Waals surface area contributed by atoms with E-state index in [0.717, 1.165) is 12.1 Å². The molecule has 0 aliphatic rings. The highest BCUT2D eigenvalue weighted by Crippen LogP contribution is 2.28. The number of fused-ring (bicyclic) bond motifs is 1. The van der Waals surface area contributed by atoms with Crippen molar-refractivity contribution in [1.82, 2.24) is 19.7 Å². The molecule has 2 aromatic carbocycles. The summed E-state index contributed by atoms with van der Waals surface area (Å²) in [7, 11) is 1.51. The zero-order valence-corrected chi connectivity index (χ0v) is 17.0. The van der Waals surface area contributed by atoms with Crippen molar-refractivity contribution in [3.8, 4) is 17.3 Å². The Labute approximate surface area is 176 Å². The first kappa shape index (κ1) is 20.7. The topological polar surface area (TPSA) is 82.0 Å². The highest BCUT2D eigenvalue weighted by Gasteiger charge is 2.18. The molecule has 0 aliphatic carbocycles. The largest absolute Gasteiger partial charge is 0.494 e. The van der Waals surface area contributed by atoms with Crippen LogP contribution in [0.2, 0.25) is 0 Å². The van der Waals surface area contributed by atoms with E-state index in [2.05, 4.69) is 15.1 Å². The minimum Gasteiger partial charge on any atom is -0.494 e. The van der Waals surface area contributed by atoms with Gasteiger partial charge in [-0.3, -0.25) is 9.48 Å². The monoisotopic (exact) mass is 426 g/mol. The molecule has 0 fully saturated rings. The molecule has 1 N–H and O–H groups in total. The number of hydrogen-bond acceptors (Lipinski definition) is 5. The summed E-state index contributed by atoms with van der Waals surface area (Å²) in [5.74, 6) is -1.07. The van der Waals surface area contributed by atoms with E-state index in [0.29, 0.717) is 28.9 Å². The lowest BCUT2D eigenvalue weighted by Gasteiger charge is -2.09. The van der Waals surface area contributed by atoms with Crippen LogP contribution in [0.4, 0.5) is 8.78 Å². The Balaban J connectivity index is 1.81. The molecule has 9 heteroatoms. The Morgan fingerprint density at radius 3 is 2.58 bits per heavy atom. The summed E-state index contributed by atoms with van der Waals surface area (Å²) in [6, 6.07) is 10.9. The summed E-state index contributed by atoms with van der Waals surface area (Å²) in [4.78, 5) is 19.2. The van der Waals surface area contributed by atoms with Crippen molar-refractivity contribution >= 4 is 10.9 Å². The number of hydrogen-bond donors (Lipinski definition) is 1. The Bertz CT molecular complexity index is 1280. The van der Waals surface area contributed by atoms with Crippen LogP contribution in [0.3, 0.4) is 0 Å². The molecule has 0 bridgehead atoms. The van der Waals surface area contributed by atoms with Crippen molar-refractivity contribution in [2.45, 2.75) is 20.1 Å². The molecule has 0 saturated carbocycles. The molecule has 4 aromatic rings. The summed E-state index contributed by atoms with van der Waals surface area (Å²) in [6.45, 7) is 2.06. The third-order valence-electron chi connectivity index (χ3n) is 4.70. The SMILES string of the molecule is CCOc1cc(F)c(Cn2nc(-c3nc(COC)cc(=O)[nH]3)c3ccccc32)c(F)c1. The van der Waals surface area contributed by atoms with Crippen molar-refractivity contribution in [3.63, 3.8) is 0 Å². The van der Waals surface area contributed by atoms with E-state index in [-0.39, 0.29) is 35.8 Å². The number of nitrogens with zero attached hydrogens (tertiary/aromatic N) is 3. The molecule has 0 amide bonds. The molecule has 0 atom stereocenters. The lowest BCUT2D eigenvalue weighted by atomic mass is 10.1. The van der Waals surface area contributed by atoms with E-state index >= 15 is 0 Å². The standard InChI is InChI=1S/C22H20F2N4O3/c1-3-31-14-9-17(23)16(18(24)10-14)11-28-19-7-5-4-6-15(19)21(27-28)22-25-13(12-30-2)8-20(29)26-22/h4-10H,3,11-12H2,1-2H3,(H,25,26,29). The lowest BCUT2D eigenvalue weighted by molar-refractivity contribution is 0.181. The highest BCUT2D eigenvalue weighted by molar-refractivity contribution is 5.91. The fourth-order valence-corrected chi connectivity index (χ4v) is 3.40. The smallest absolute Gasteiger partial charge is 0.251 e. The Hall–Kier alpha value is -3.59. The number of aromatic nitrogens is 4. The van der Waals surface area contributed by atoms with Gasteiger partial charge in [0.1, 0.15) is 23.1 Å². The van der Waals surface area contributed by atoms with Gasteiger partial charge in [0.05, 0.1) is 31.0 Å². The van der Waals surface area contributed by atoms with Gasteiger partial charge in [-0.05, 0) is 13.0 Å². The normalized spacial score (nSPS) is 11.2. The number of aromatic amines is 1. The zero-order chi connectivity index (χ0) is 22.0. The first-order valence-electron chi connectivity index (χ1n) is 9.66. The van der Waals surface area contributed by atoms with E-state index in [4.69, 9.17) is 9.47 Å². The highest BCUT2D eigenvalue weighted by atomic mass is 19.1. The molecule has 4 rings (SSSR count). The maximum atomic E-state index is 14.6.